The van der Waals surface area contributed by atoms with Gasteiger partial charge in [0, 0.05) is 26.3 Å². The third kappa shape index (κ3) is 3.32. The van der Waals surface area contributed by atoms with Crippen molar-refractivity contribution in [3.8, 4) is 0 Å². The molecule has 1 rings (SSSR count). The summed E-state index contributed by atoms with van der Waals surface area (Å²) in [7, 11) is 3.18. The number of ether oxygens (including phenoxy) is 2. The lowest BCUT2D eigenvalue weighted by molar-refractivity contribution is -0.105. The number of aryl methyl sites for hydroxylation is 1. The number of hydrogen-bond donors (Lipinski definition) is 1. The number of amides is 1. The van der Waals surface area contributed by atoms with Crippen LogP contribution in [0.5, 0.6) is 0 Å². The fourth-order valence-electron chi connectivity index (χ4n) is 1.51. The van der Waals surface area contributed by atoms with Crippen molar-refractivity contribution in [1.82, 2.24) is 0 Å². The van der Waals surface area contributed by atoms with Crippen molar-refractivity contribution >= 4 is 12.1 Å². The van der Waals surface area contributed by atoms with E-state index in [1.807, 2.05) is 25.1 Å². The monoisotopic (exact) mass is 223 g/mol. The van der Waals surface area contributed by atoms with Gasteiger partial charge in [-0.2, -0.15) is 0 Å². The minimum absolute atomic E-state index is 0.296. The van der Waals surface area contributed by atoms with Gasteiger partial charge in [0.1, 0.15) is 0 Å². The van der Waals surface area contributed by atoms with Crippen molar-refractivity contribution < 1.29 is 14.3 Å². The lowest BCUT2D eigenvalue weighted by atomic mass is 10.1. The summed E-state index contributed by atoms with van der Waals surface area (Å²) in [5, 5.41) is 2.68. The van der Waals surface area contributed by atoms with Crippen molar-refractivity contribution in [2.45, 2.75) is 19.6 Å². The van der Waals surface area contributed by atoms with E-state index in [9.17, 15) is 4.79 Å². The Morgan fingerprint density at radius 3 is 2.62 bits per heavy atom. The van der Waals surface area contributed by atoms with Gasteiger partial charge in [-0.3, -0.25) is 4.79 Å². The van der Waals surface area contributed by atoms with Gasteiger partial charge in [0.15, 0.2) is 6.29 Å². The Hall–Kier alpha value is -1.39. The van der Waals surface area contributed by atoms with Gasteiger partial charge in [-0.15, -0.1) is 0 Å². The molecule has 4 nitrogen and oxygen atoms in total. The van der Waals surface area contributed by atoms with Crippen LogP contribution in [0.25, 0.3) is 0 Å². The predicted octanol–water partition coefficient (Wildman–Crippen LogP) is 1.72. The number of rotatable bonds is 6. The van der Waals surface area contributed by atoms with Crippen molar-refractivity contribution in [2.24, 2.45) is 0 Å². The van der Waals surface area contributed by atoms with Crippen LogP contribution in [0, 0.1) is 6.92 Å². The summed E-state index contributed by atoms with van der Waals surface area (Å²) >= 11 is 0. The number of nitrogens with one attached hydrogen (secondary N) is 1. The first-order chi connectivity index (χ1) is 7.71. The van der Waals surface area contributed by atoms with Gasteiger partial charge in [-0.25, -0.2) is 0 Å². The average Bonchev–Trinajstić information content (AvgIpc) is 2.29. The van der Waals surface area contributed by atoms with Gasteiger partial charge in [0.2, 0.25) is 6.41 Å². The van der Waals surface area contributed by atoms with Crippen molar-refractivity contribution in [2.75, 3.05) is 19.5 Å². The third-order valence-electron chi connectivity index (χ3n) is 2.39. The quantitative estimate of drug-likeness (QED) is 0.590. The molecular weight excluding hydrogens is 206 g/mol. The van der Waals surface area contributed by atoms with Crippen molar-refractivity contribution in [3.05, 3.63) is 29.3 Å². The SMILES string of the molecule is COC(Cc1ccc(C)cc1NC=O)OC. The van der Waals surface area contributed by atoms with Gasteiger partial charge in [-0.05, 0) is 24.1 Å². The largest absolute Gasteiger partial charge is 0.356 e. The van der Waals surface area contributed by atoms with E-state index in [0.29, 0.717) is 12.8 Å². The zero-order chi connectivity index (χ0) is 12.0. The maximum atomic E-state index is 10.5. The van der Waals surface area contributed by atoms with Crippen LogP contribution in [-0.4, -0.2) is 26.9 Å². The smallest absolute Gasteiger partial charge is 0.211 e. The molecule has 16 heavy (non-hydrogen) atoms. The summed E-state index contributed by atoms with van der Waals surface area (Å²) < 4.78 is 10.3. The molecular formula is C12H17NO3. The molecule has 0 radical (unpaired) electrons. The summed E-state index contributed by atoms with van der Waals surface area (Å²) in [6.07, 6.45) is 0.978. The Labute approximate surface area is 95.6 Å². The Morgan fingerprint density at radius 1 is 1.38 bits per heavy atom. The topological polar surface area (TPSA) is 47.6 Å². The van der Waals surface area contributed by atoms with E-state index in [-0.39, 0.29) is 6.29 Å². The van der Waals surface area contributed by atoms with E-state index < -0.39 is 0 Å². The standard InChI is InChI=1S/C12H17NO3/c1-9-4-5-10(7-12(15-2)16-3)11(6-9)13-8-14/h4-6,8,12H,7H2,1-3H3,(H,13,14). The zero-order valence-corrected chi connectivity index (χ0v) is 9.82. The van der Waals surface area contributed by atoms with Crippen molar-refractivity contribution in [3.63, 3.8) is 0 Å². The van der Waals surface area contributed by atoms with Crippen LogP contribution in [0.15, 0.2) is 18.2 Å². The fourth-order valence-corrected chi connectivity index (χ4v) is 1.51. The molecule has 0 saturated carbocycles. The highest BCUT2D eigenvalue weighted by atomic mass is 16.7. The number of benzene rings is 1. The normalized spacial score (nSPS) is 10.5. The van der Waals surface area contributed by atoms with Gasteiger partial charge in [-0.1, -0.05) is 12.1 Å². The number of carbonyl (C=O) groups excluding carboxylic acids is 1. The molecule has 0 saturated heterocycles. The maximum absolute atomic E-state index is 10.5. The highest BCUT2D eigenvalue weighted by Gasteiger charge is 2.10. The third-order valence-corrected chi connectivity index (χ3v) is 2.39. The fraction of sp³-hybridized carbons (Fsp3) is 0.417. The molecule has 0 unspecified atom stereocenters. The Kier molecular flexibility index (Phi) is 4.95. The van der Waals surface area contributed by atoms with Crippen LogP contribution in [-0.2, 0) is 20.7 Å². The van der Waals surface area contributed by atoms with Crippen LogP contribution in [0.1, 0.15) is 11.1 Å². The molecule has 0 aliphatic carbocycles. The second-order valence-electron chi connectivity index (χ2n) is 3.53. The van der Waals surface area contributed by atoms with E-state index in [2.05, 4.69) is 5.32 Å². The van der Waals surface area contributed by atoms with E-state index in [0.717, 1.165) is 16.8 Å². The molecule has 0 atom stereocenters. The number of hydrogen-bond acceptors (Lipinski definition) is 3. The van der Waals surface area contributed by atoms with Crippen molar-refractivity contribution in [1.29, 1.82) is 0 Å². The summed E-state index contributed by atoms with van der Waals surface area (Å²) in [6, 6.07) is 5.88. The Balaban J connectivity index is 2.88. The zero-order valence-electron chi connectivity index (χ0n) is 9.82. The second kappa shape index (κ2) is 6.25. The molecule has 1 aromatic rings. The molecule has 1 N–H and O–H groups in total. The second-order valence-corrected chi connectivity index (χ2v) is 3.53. The highest BCUT2D eigenvalue weighted by molar-refractivity contribution is 5.73. The van der Waals surface area contributed by atoms with Gasteiger partial charge >= 0.3 is 0 Å². The lowest BCUT2D eigenvalue weighted by Crippen LogP contribution is -2.17. The first-order valence-corrected chi connectivity index (χ1v) is 5.06. The molecule has 0 aromatic heterocycles. The first-order valence-electron chi connectivity index (χ1n) is 5.06. The number of anilines is 1. The number of carbonyl (C=O) groups is 1. The molecule has 0 bridgehead atoms. The summed E-state index contributed by atoms with van der Waals surface area (Å²) in [5.74, 6) is 0. The lowest BCUT2D eigenvalue weighted by Gasteiger charge is -2.16. The molecule has 0 aliphatic rings. The molecule has 88 valence electrons. The Bertz CT molecular complexity index is 348. The van der Waals surface area contributed by atoms with E-state index >= 15 is 0 Å². The number of methoxy groups -OCH3 is 2. The van der Waals surface area contributed by atoms with Gasteiger partial charge in [0.05, 0.1) is 0 Å². The summed E-state index contributed by atoms with van der Waals surface area (Å²) in [4.78, 5) is 10.5. The molecule has 0 heterocycles. The van der Waals surface area contributed by atoms with E-state index in [4.69, 9.17) is 9.47 Å². The van der Waals surface area contributed by atoms with Crippen LogP contribution < -0.4 is 5.32 Å². The molecule has 1 amide bonds. The molecule has 4 heteroatoms. The van der Waals surface area contributed by atoms with E-state index in [1.165, 1.54) is 0 Å². The predicted molar refractivity (Wildman–Crippen MR) is 62.4 cm³/mol. The Morgan fingerprint density at radius 2 is 2.06 bits per heavy atom. The van der Waals surface area contributed by atoms with Crippen LogP contribution in [0.2, 0.25) is 0 Å². The molecule has 0 spiro atoms. The highest BCUT2D eigenvalue weighted by Crippen LogP contribution is 2.19. The summed E-state index contributed by atoms with van der Waals surface area (Å²) in [6.45, 7) is 1.98. The first kappa shape index (κ1) is 12.7. The molecule has 0 aliphatic heterocycles. The van der Waals surface area contributed by atoms with Crippen LogP contribution >= 0.6 is 0 Å². The summed E-state index contributed by atoms with van der Waals surface area (Å²) in [5.41, 5.74) is 2.89. The van der Waals surface area contributed by atoms with Crippen LogP contribution in [0.4, 0.5) is 5.69 Å². The van der Waals surface area contributed by atoms with Crippen LogP contribution in [0.3, 0.4) is 0 Å². The minimum Gasteiger partial charge on any atom is -0.356 e. The van der Waals surface area contributed by atoms with Gasteiger partial charge in [0.25, 0.3) is 0 Å². The van der Waals surface area contributed by atoms with E-state index in [1.54, 1.807) is 14.2 Å². The molecule has 1 aromatic carbocycles. The van der Waals surface area contributed by atoms with Gasteiger partial charge < -0.3 is 14.8 Å². The molecule has 0 fully saturated rings. The minimum atomic E-state index is -0.296. The average molecular weight is 223 g/mol. The maximum Gasteiger partial charge on any atom is 0.211 e.